The van der Waals surface area contributed by atoms with Crippen LogP contribution >= 0.6 is 0 Å². The summed E-state index contributed by atoms with van der Waals surface area (Å²) in [4.78, 5) is 11.7. The van der Waals surface area contributed by atoms with Gasteiger partial charge in [0.15, 0.2) is 0 Å². The summed E-state index contributed by atoms with van der Waals surface area (Å²) >= 11 is 0. The third-order valence-corrected chi connectivity index (χ3v) is 3.26. The molecule has 0 aliphatic carbocycles. The molecule has 0 spiro atoms. The summed E-state index contributed by atoms with van der Waals surface area (Å²) in [5.41, 5.74) is 1.36. The van der Waals surface area contributed by atoms with Crippen LogP contribution in [0, 0.1) is 0 Å². The van der Waals surface area contributed by atoms with E-state index < -0.39 is 5.97 Å². The molecule has 3 heteroatoms. The minimum Gasteiger partial charge on any atom is -0.507 e. The van der Waals surface area contributed by atoms with Gasteiger partial charge in [0.05, 0.1) is 0 Å². The molecule has 1 N–H and O–H groups in total. The summed E-state index contributed by atoms with van der Waals surface area (Å²) in [5.74, 6) is 0.251. The molecule has 0 heterocycles. The van der Waals surface area contributed by atoms with Crippen molar-refractivity contribution in [3.05, 3.63) is 35.4 Å². The molecule has 0 saturated carbocycles. The smallest absolute Gasteiger partial charge is 0.338 e. The van der Waals surface area contributed by atoms with Crippen molar-refractivity contribution in [2.24, 2.45) is 0 Å². The Morgan fingerprint density at radius 1 is 1.05 bits per heavy atom. The Hall–Kier alpha value is -1.77. The normalized spacial score (nSPS) is 12.1. The molecule has 1 rings (SSSR count). The molecule has 0 unspecified atom stereocenters. The molecule has 1 aromatic rings. The Balaban J connectivity index is 3.48. The second-order valence-electron chi connectivity index (χ2n) is 7.54. The predicted molar refractivity (Wildman–Crippen MR) is 86.0 cm³/mol. The zero-order chi connectivity index (χ0) is 16.6. The monoisotopic (exact) mass is 290 g/mol. The van der Waals surface area contributed by atoms with Crippen LogP contribution in [0.1, 0.15) is 59.6 Å². The van der Waals surface area contributed by atoms with Crippen LogP contribution in [-0.4, -0.2) is 11.1 Å². The Bertz CT molecular complexity index is 534. The maximum atomic E-state index is 11.7. The van der Waals surface area contributed by atoms with Crippen LogP contribution in [0.2, 0.25) is 0 Å². The minimum atomic E-state index is -0.458. The van der Waals surface area contributed by atoms with Crippen molar-refractivity contribution >= 4 is 5.97 Å². The SMILES string of the molecule is C=C(C)C(=O)Oc1cc(C(C)(C)C)c(O)c(C(C)(C)C)c1. The van der Waals surface area contributed by atoms with Gasteiger partial charge in [0, 0.05) is 16.7 Å². The number of carbonyl (C=O) groups excluding carboxylic acids is 1. The number of carbonyl (C=O) groups is 1. The third-order valence-electron chi connectivity index (χ3n) is 3.26. The van der Waals surface area contributed by atoms with Gasteiger partial charge < -0.3 is 9.84 Å². The highest BCUT2D eigenvalue weighted by molar-refractivity contribution is 5.88. The van der Waals surface area contributed by atoms with Crippen molar-refractivity contribution in [3.63, 3.8) is 0 Å². The van der Waals surface area contributed by atoms with E-state index in [2.05, 4.69) is 6.58 Å². The molecule has 0 aliphatic rings. The Labute approximate surface area is 127 Å². The van der Waals surface area contributed by atoms with Crippen LogP contribution in [0.25, 0.3) is 0 Å². The predicted octanol–water partition coefficient (Wildman–Crippen LogP) is 4.47. The standard InChI is InChI=1S/C18H26O3/c1-11(2)16(20)21-12-9-13(17(3,4)5)15(19)14(10-12)18(6,7)8/h9-10,19H,1H2,2-8H3. The van der Waals surface area contributed by atoms with E-state index in [4.69, 9.17) is 4.74 Å². The van der Waals surface area contributed by atoms with Gasteiger partial charge in [0.2, 0.25) is 0 Å². The van der Waals surface area contributed by atoms with Gasteiger partial charge in [0.1, 0.15) is 11.5 Å². The van der Waals surface area contributed by atoms with Crippen LogP contribution < -0.4 is 4.74 Å². The number of phenols is 1. The average Bonchev–Trinajstić information content (AvgIpc) is 2.27. The number of benzene rings is 1. The molecule has 0 atom stereocenters. The maximum absolute atomic E-state index is 11.7. The van der Waals surface area contributed by atoms with Crippen molar-refractivity contribution in [1.29, 1.82) is 0 Å². The fourth-order valence-corrected chi connectivity index (χ4v) is 2.00. The number of aromatic hydroxyl groups is 1. The van der Waals surface area contributed by atoms with Gasteiger partial charge in [-0.25, -0.2) is 4.79 Å². The number of esters is 1. The van der Waals surface area contributed by atoms with E-state index in [0.717, 1.165) is 11.1 Å². The highest BCUT2D eigenvalue weighted by Crippen LogP contribution is 2.41. The Kier molecular flexibility index (Phi) is 4.57. The fourth-order valence-electron chi connectivity index (χ4n) is 2.00. The lowest BCUT2D eigenvalue weighted by molar-refractivity contribution is -0.130. The zero-order valence-corrected chi connectivity index (χ0v) is 14.1. The van der Waals surface area contributed by atoms with E-state index >= 15 is 0 Å². The first kappa shape index (κ1) is 17.3. The third kappa shape index (κ3) is 4.10. The van der Waals surface area contributed by atoms with E-state index in [1.165, 1.54) is 0 Å². The number of rotatable bonds is 2. The van der Waals surface area contributed by atoms with Gasteiger partial charge in [-0.15, -0.1) is 0 Å². The van der Waals surface area contributed by atoms with E-state index in [-0.39, 0.29) is 16.6 Å². The summed E-state index contributed by atoms with van der Waals surface area (Å²) in [6, 6.07) is 3.46. The second kappa shape index (κ2) is 5.55. The largest absolute Gasteiger partial charge is 0.507 e. The molecule has 0 radical (unpaired) electrons. The van der Waals surface area contributed by atoms with Gasteiger partial charge >= 0.3 is 5.97 Å². The molecule has 0 amide bonds. The molecular weight excluding hydrogens is 264 g/mol. The molecular formula is C18H26O3. The van der Waals surface area contributed by atoms with E-state index in [1.807, 2.05) is 41.5 Å². The molecule has 3 nitrogen and oxygen atoms in total. The van der Waals surface area contributed by atoms with Crippen molar-refractivity contribution in [2.45, 2.75) is 59.3 Å². The van der Waals surface area contributed by atoms with Crippen LogP contribution in [0.3, 0.4) is 0 Å². The summed E-state index contributed by atoms with van der Waals surface area (Å²) < 4.78 is 5.35. The summed E-state index contributed by atoms with van der Waals surface area (Å²) in [7, 11) is 0. The number of ether oxygens (including phenoxy) is 1. The highest BCUT2D eigenvalue weighted by atomic mass is 16.5. The lowest BCUT2D eigenvalue weighted by Gasteiger charge is -2.27. The van der Waals surface area contributed by atoms with Crippen molar-refractivity contribution in [2.75, 3.05) is 0 Å². The highest BCUT2D eigenvalue weighted by Gasteiger charge is 2.27. The van der Waals surface area contributed by atoms with Crippen LogP contribution in [0.4, 0.5) is 0 Å². The van der Waals surface area contributed by atoms with Gasteiger partial charge in [-0.05, 0) is 29.9 Å². The quantitative estimate of drug-likeness (QED) is 0.496. The van der Waals surface area contributed by atoms with E-state index in [0.29, 0.717) is 11.3 Å². The summed E-state index contributed by atoms with van der Waals surface area (Å²) in [6.07, 6.45) is 0. The van der Waals surface area contributed by atoms with E-state index in [1.54, 1.807) is 19.1 Å². The van der Waals surface area contributed by atoms with Crippen LogP contribution in [0.5, 0.6) is 11.5 Å². The van der Waals surface area contributed by atoms with Gasteiger partial charge in [-0.2, -0.15) is 0 Å². The first-order chi connectivity index (χ1) is 9.34. The Morgan fingerprint density at radius 3 is 1.71 bits per heavy atom. The number of hydrogen-bond donors (Lipinski definition) is 1. The topological polar surface area (TPSA) is 46.5 Å². The molecule has 0 fully saturated rings. The minimum absolute atomic E-state index is 0.254. The molecule has 0 aliphatic heterocycles. The molecule has 21 heavy (non-hydrogen) atoms. The van der Waals surface area contributed by atoms with Gasteiger partial charge in [-0.1, -0.05) is 48.1 Å². The summed E-state index contributed by atoms with van der Waals surface area (Å²) in [5, 5.41) is 10.6. The van der Waals surface area contributed by atoms with Crippen molar-refractivity contribution in [3.8, 4) is 11.5 Å². The lowest BCUT2D eigenvalue weighted by atomic mass is 9.79. The molecule has 0 saturated heterocycles. The van der Waals surface area contributed by atoms with Crippen molar-refractivity contribution < 1.29 is 14.6 Å². The number of phenolic OH excluding ortho intramolecular Hbond substituents is 1. The van der Waals surface area contributed by atoms with E-state index in [9.17, 15) is 9.90 Å². The molecule has 0 aromatic heterocycles. The summed E-state index contributed by atoms with van der Waals surface area (Å²) in [6.45, 7) is 17.3. The molecule has 1 aromatic carbocycles. The Morgan fingerprint density at radius 2 is 1.43 bits per heavy atom. The zero-order valence-electron chi connectivity index (χ0n) is 14.1. The van der Waals surface area contributed by atoms with Gasteiger partial charge in [-0.3, -0.25) is 0 Å². The van der Waals surface area contributed by atoms with Crippen LogP contribution in [0.15, 0.2) is 24.3 Å². The maximum Gasteiger partial charge on any atom is 0.338 e. The molecule has 116 valence electrons. The fraction of sp³-hybridized carbons (Fsp3) is 0.500. The van der Waals surface area contributed by atoms with Crippen molar-refractivity contribution in [1.82, 2.24) is 0 Å². The molecule has 0 bridgehead atoms. The first-order valence-electron chi connectivity index (χ1n) is 7.09. The van der Waals surface area contributed by atoms with Crippen LogP contribution in [-0.2, 0) is 15.6 Å². The van der Waals surface area contributed by atoms with Gasteiger partial charge in [0.25, 0.3) is 0 Å². The lowest BCUT2D eigenvalue weighted by Crippen LogP contribution is -2.18. The second-order valence-corrected chi connectivity index (χ2v) is 7.54. The number of hydrogen-bond acceptors (Lipinski definition) is 3. The average molecular weight is 290 g/mol. The first-order valence-corrected chi connectivity index (χ1v) is 7.09.